The first kappa shape index (κ1) is 18.6. The fourth-order valence-electron chi connectivity index (χ4n) is 1.12. The zero-order chi connectivity index (χ0) is 12.9. The zero-order valence-electron chi connectivity index (χ0n) is 10.9. The van der Waals surface area contributed by atoms with Crippen LogP contribution in [-0.2, 0) is 13.3 Å². The van der Waals surface area contributed by atoms with Gasteiger partial charge in [0, 0.05) is 33.4 Å². The number of rotatable bonds is 9. The lowest BCUT2D eigenvalue weighted by atomic mass is 10.6. The standard InChI is InChI=1S/C8H22N2O3Si.H5NSi/c1-4-7-14(11-2,12-3)13-8-10-6-5-9;1-2/h10H,4-9H2,1-3H3;1H2,2H3. The third-order valence-corrected chi connectivity index (χ3v) is 4.83. The molecule has 0 saturated heterocycles. The average Bonchev–Trinajstić information content (AvgIpc) is 2.36. The van der Waals surface area contributed by atoms with Crippen LogP contribution < -0.4 is 16.4 Å². The summed E-state index contributed by atoms with van der Waals surface area (Å²) in [6.45, 7) is 3.86. The molecule has 0 rings (SSSR count). The van der Waals surface area contributed by atoms with E-state index in [1.807, 2.05) is 0 Å². The summed E-state index contributed by atoms with van der Waals surface area (Å²) >= 11 is 0. The number of hydrogen-bond donors (Lipinski definition) is 3. The minimum Gasteiger partial charge on any atom is -0.377 e. The summed E-state index contributed by atoms with van der Waals surface area (Å²) in [5, 5.41) is 7.68. The zero-order valence-corrected chi connectivity index (χ0v) is 13.9. The fraction of sp³-hybridized carbons (Fsp3) is 1.00. The van der Waals surface area contributed by atoms with Crippen molar-refractivity contribution in [2.45, 2.75) is 19.4 Å². The van der Waals surface area contributed by atoms with Gasteiger partial charge in [-0.1, -0.05) is 13.3 Å². The Labute approximate surface area is 103 Å². The first-order valence-electron chi connectivity index (χ1n) is 5.47. The molecule has 0 spiro atoms. The molecule has 5 N–H and O–H groups in total. The second-order valence-electron chi connectivity index (χ2n) is 2.92. The van der Waals surface area contributed by atoms with E-state index in [2.05, 4.69) is 17.6 Å². The Bertz CT molecular complexity index is 140. The Balaban J connectivity index is 0. The second-order valence-corrected chi connectivity index (χ2v) is 5.89. The Morgan fingerprint density at radius 2 is 1.81 bits per heavy atom. The highest BCUT2D eigenvalue weighted by molar-refractivity contribution is 6.60. The van der Waals surface area contributed by atoms with Crippen LogP contribution in [0.25, 0.3) is 0 Å². The van der Waals surface area contributed by atoms with Gasteiger partial charge in [0.05, 0.1) is 17.1 Å². The van der Waals surface area contributed by atoms with Gasteiger partial charge in [-0.05, 0) is 0 Å². The number of nitrogens with one attached hydrogen (secondary N) is 1. The van der Waals surface area contributed by atoms with E-state index in [-0.39, 0.29) is 0 Å². The molecule has 0 heterocycles. The van der Waals surface area contributed by atoms with Crippen LogP contribution in [0.2, 0.25) is 6.04 Å². The molecular weight excluding hydrogens is 242 g/mol. The molecule has 0 aliphatic heterocycles. The third kappa shape index (κ3) is 8.36. The summed E-state index contributed by atoms with van der Waals surface area (Å²) in [4.78, 5) is 0. The van der Waals surface area contributed by atoms with E-state index in [1.165, 1.54) is 0 Å². The Morgan fingerprint density at radius 1 is 1.25 bits per heavy atom. The molecule has 0 radical (unpaired) electrons. The van der Waals surface area contributed by atoms with Gasteiger partial charge in [0.25, 0.3) is 0 Å². The maximum atomic E-state index is 5.60. The van der Waals surface area contributed by atoms with Crippen molar-refractivity contribution in [2.75, 3.05) is 34.0 Å². The molecule has 0 aromatic heterocycles. The van der Waals surface area contributed by atoms with Gasteiger partial charge in [-0.25, -0.2) is 0 Å². The quantitative estimate of drug-likeness (QED) is 0.265. The fourth-order valence-corrected chi connectivity index (χ4v) is 3.01. The van der Waals surface area contributed by atoms with Gasteiger partial charge in [0.1, 0.15) is 0 Å². The van der Waals surface area contributed by atoms with Crippen LogP contribution in [0.4, 0.5) is 0 Å². The first-order valence-corrected chi connectivity index (χ1v) is 8.56. The second kappa shape index (κ2) is 13.3. The highest BCUT2D eigenvalue weighted by Gasteiger charge is 2.37. The molecule has 0 aliphatic carbocycles. The molecule has 8 heteroatoms. The highest BCUT2D eigenvalue weighted by Crippen LogP contribution is 2.14. The van der Waals surface area contributed by atoms with Crippen LogP contribution >= 0.6 is 0 Å². The monoisotopic (exact) mass is 269 g/mol. The maximum Gasteiger partial charge on any atom is 0.501 e. The molecule has 0 bridgehead atoms. The van der Waals surface area contributed by atoms with E-state index in [4.69, 9.17) is 19.0 Å². The lowest BCUT2D eigenvalue weighted by Gasteiger charge is -2.26. The minimum absolute atomic E-state index is 0.436. The van der Waals surface area contributed by atoms with E-state index < -0.39 is 8.80 Å². The Hall–Kier alpha value is 0.194. The van der Waals surface area contributed by atoms with Gasteiger partial charge in [-0.2, -0.15) is 0 Å². The van der Waals surface area contributed by atoms with Crippen molar-refractivity contribution in [1.29, 1.82) is 0 Å². The van der Waals surface area contributed by atoms with Gasteiger partial charge >= 0.3 is 8.80 Å². The lowest BCUT2D eigenvalue weighted by molar-refractivity contribution is 0.0903. The summed E-state index contributed by atoms with van der Waals surface area (Å²) in [5.41, 5.74) is 5.33. The number of hydrogen-bond acceptors (Lipinski definition) is 6. The van der Waals surface area contributed by atoms with Gasteiger partial charge < -0.3 is 24.4 Å². The van der Waals surface area contributed by atoms with Crippen LogP contribution in [-0.4, -0.2) is 53.2 Å². The van der Waals surface area contributed by atoms with E-state index in [1.54, 1.807) is 14.2 Å². The predicted octanol–water partition coefficient (Wildman–Crippen LogP) is -1.62. The molecule has 0 aliphatic rings. The van der Waals surface area contributed by atoms with Crippen molar-refractivity contribution >= 4 is 19.2 Å². The van der Waals surface area contributed by atoms with E-state index >= 15 is 0 Å². The van der Waals surface area contributed by atoms with Crippen LogP contribution in [0.3, 0.4) is 0 Å². The highest BCUT2D eigenvalue weighted by atomic mass is 28.4. The van der Waals surface area contributed by atoms with Crippen LogP contribution in [0.1, 0.15) is 13.3 Å². The van der Waals surface area contributed by atoms with Crippen LogP contribution in [0.15, 0.2) is 0 Å². The molecule has 0 unspecified atom stereocenters. The first-order chi connectivity index (χ1) is 7.74. The van der Waals surface area contributed by atoms with Crippen molar-refractivity contribution in [3.05, 3.63) is 0 Å². The molecule has 6 nitrogen and oxygen atoms in total. The Morgan fingerprint density at radius 3 is 2.19 bits per heavy atom. The normalized spacial score (nSPS) is 11.1. The summed E-state index contributed by atoms with van der Waals surface area (Å²) in [6.07, 6.45) is 0.991. The maximum absolute atomic E-state index is 5.60. The van der Waals surface area contributed by atoms with Gasteiger partial charge in [0.2, 0.25) is 0 Å². The molecule has 0 aromatic rings. The lowest BCUT2D eigenvalue weighted by Crippen LogP contribution is -2.46. The molecule has 0 aromatic carbocycles. The third-order valence-electron chi connectivity index (χ3n) is 1.89. The molecule has 0 atom stereocenters. The number of nitrogens with two attached hydrogens (primary N) is 2. The minimum atomic E-state index is -2.40. The van der Waals surface area contributed by atoms with Crippen molar-refractivity contribution in [3.8, 4) is 0 Å². The molecule has 16 heavy (non-hydrogen) atoms. The SMILES string of the molecule is CCC[Si](OC)(OC)OCNCCN.N[SiH3]. The van der Waals surface area contributed by atoms with Crippen molar-refractivity contribution < 1.29 is 13.3 Å². The van der Waals surface area contributed by atoms with Crippen molar-refractivity contribution in [3.63, 3.8) is 0 Å². The van der Waals surface area contributed by atoms with Crippen LogP contribution in [0.5, 0.6) is 0 Å². The largest absolute Gasteiger partial charge is 0.501 e. The van der Waals surface area contributed by atoms with Crippen molar-refractivity contribution in [2.24, 2.45) is 11.1 Å². The molecule has 0 saturated carbocycles. The molecular formula is C8H27N3O3Si2. The molecule has 100 valence electrons. The topological polar surface area (TPSA) is 91.8 Å². The van der Waals surface area contributed by atoms with Gasteiger partial charge in [-0.15, -0.1) is 0 Å². The molecule has 0 fully saturated rings. The summed E-state index contributed by atoms with van der Waals surface area (Å²) in [7, 11) is 1.68. The van der Waals surface area contributed by atoms with E-state index in [0.717, 1.165) is 29.4 Å². The van der Waals surface area contributed by atoms with Gasteiger partial charge in [0.15, 0.2) is 0 Å². The van der Waals surface area contributed by atoms with Gasteiger partial charge in [-0.3, -0.25) is 5.32 Å². The van der Waals surface area contributed by atoms with Crippen LogP contribution in [0, 0.1) is 0 Å². The average molecular weight is 269 g/mol. The van der Waals surface area contributed by atoms with Crippen molar-refractivity contribution in [1.82, 2.24) is 5.32 Å². The summed E-state index contributed by atoms with van der Waals surface area (Å²) < 4.78 is 16.3. The van der Waals surface area contributed by atoms with E-state index in [0.29, 0.717) is 13.3 Å². The predicted molar refractivity (Wildman–Crippen MR) is 72.0 cm³/mol. The molecule has 0 amide bonds. The summed E-state index contributed by atoms with van der Waals surface area (Å²) in [5.74, 6) is 0. The smallest absolute Gasteiger partial charge is 0.377 e. The summed E-state index contributed by atoms with van der Waals surface area (Å²) in [6, 6.07) is 0.838. The Kier molecular flexibility index (Phi) is 15.4. The van der Waals surface area contributed by atoms with E-state index in [9.17, 15) is 0 Å².